The summed E-state index contributed by atoms with van der Waals surface area (Å²) in [6.45, 7) is 0. The first kappa shape index (κ1) is 18.0. The molecule has 7 nitrogen and oxygen atoms in total. The van der Waals surface area contributed by atoms with Gasteiger partial charge in [-0.2, -0.15) is 0 Å². The minimum absolute atomic E-state index is 0.0217. The molecule has 1 aliphatic heterocycles. The number of hydrogen-bond donors (Lipinski definition) is 2. The lowest BCUT2D eigenvalue weighted by Gasteiger charge is -2.21. The molecule has 2 rings (SSSR count). The van der Waals surface area contributed by atoms with Crippen molar-refractivity contribution in [3.05, 3.63) is 34.7 Å². The normalized spacial score (nSPS) is 17.2. The summed E-state index contributed by atoms with van der Waals surface area (Å²) in [7, 11) is 1.54. The number of aliphatic carboxylic acids is 2. The second-order valence-electron chi connectivity index (χ2n) is 4.78. The summed E-state index contributed by atoms with van der Waals surface area (Å²) in [5.41, 5.74) is 0.710. The van der Waals surface area contributed by atoms with Crippen LogP contribution in [0.5, 0.6) is 5.75 Å². The second-order valence-corrected chi connectivity index (χ2v) is 6.45. The molecule has 1 saturated heterocycles. The van der Waals surface area contributed by atoms with Gasteiger partial charge >= 0.3 is 11.9 Å². The van der Waals surface area contributed by atoms with Crippen molar-refractivity contribution in [3.8, 4) is 5.75 Å². The quantitative estimate of drug-likeness (QED) is 0.580. The molecule has 1 heterocycles. The van der Waals surface area contributed by atoms with Crippen LogP contribution in [0.4, 0.5) is 0 Å². The summed E-state index contributed by atoms with van der Waals surface area (Å²) in [4.78, 5) is 35.6. The van der Waals surface area contributed by atoms with Crippen molar-refractivity contribution in [2.75, 3.05) is 7.11 Å². The zero-order valence-electron chi connectivity index (χ0n) is 12.5. The lowest BCUT2D eigenvalue weighted by atomic mass is 10.1. The standard InChI is InChI=1S/C15H13NO6S2/c1-22-9-4-2-8(3-5-9)6-11-13(19)16(15(23)24-11)10(14(20)21)7-12(17)18/h2-6,10H,7H2,1H3,(H,17,18)(H,20,21)/b11-6+/t10-/m0/s1. The number of carboxylic acids is 2. The van der Waals surface area contributed by atoms with E-state index in [-0.39, 0.29) is 9.23 Å². The Balaban J connectivity index is 2.27. The fourth-order valence-corrected chi connectivity index (χ4v) is 3.41. The molecule has 24 heavy (non-hydrogen) atoms. The summed E-state index contributed by atoms with van der Waals surface area (Å²) in [5, 5.41) is 18.0. The van der Waals surface area contributed by atoms with Gasteiger partial charge in [-0.1, -0.05) is 36.1 Å². The van der Waals surface area contributed by atoms with Gasteiger partial charge in [0.25, 0.3) is 5.91 Å². The predicted octanol–water partition coefficient (Wildman–Crippen LogP) is 1.82. The third-order valence-corrected chi connectivity index (χ3v) is 4.53. The SMILES string of the molecule is COc1ccc(/C=C2/SC(=S)N([C@@H](CC(=O)O)C(=O)O)C2=O)cc1. The molecule has 0 saturated carbocycles. The minimum atomic E-state index is -1.53. The van der Waals surface area contributed by atoms with E-state index in [1.165, 1.54) is 7.11 Å². The van der Waals surface area contributed by atoms with E-state index in [0.717, 1.165) is 16.7 Å². The number of carbonyl (C=O) groups is 3. The topological polar surface area (TPSA) is 104 Å². The first-order valence-electron chi connectivity index (χ1n) is 6.69. The van der Waals surface area contributed by atoms with E-state index in [0.29, 0.717) is 11.3 Å². The van der Waals surface area contributed by atoms with E-state index in [1.807, 2.05) is 0 Å². The van der Waals surface area contributed by atoms with Gasteiger partial charge in [0.05, 0.1) is 18.4 Å². The molecule has 1 aromatic rings. The molecular formula is C15H13NO6S2. The zero-order chi connectivity index (χ0) is 17.9. The van der Waals surface area contributed by atoms with Gasteiger partial charge < -0.3 is 14.9 Å². The largest absolute Gasteiger partial charge is 0.497 e. The zero-order valence-corrected chi connectivity index (χ0v) is 14.1. The number of benzene rings is 1. The molecule has 1 aromatic carbocycles. The Morgan fingerprint density at radius 1 is 1.33 bits per heavy atom. The maximum atomic E-state index is 12.4. The van der Waals surface area contributed by atoms with Crippen LogP contribution >= 0.6 is 24.0 Å². The molecule has 0 aromatic heterocycles. The number of carboxylic acid groups (broad SMARTS) is 2. The third kappa shape index (κ3) is 3.92. The van der Waals surface area contributed by atoms with Crippen LogP contribution in [0.25, 0.3) is 6.08 Å². The lowest BCUT2D eigenvalue weighted by molar-refractivity contribution is -0.150. The molecule has 2 N–H and O–H groups in total. The van der Waals surface area contributed by atoms with Gasteiger partial charge in [0.2, 0.25) is 0 Å². The number of ether oxygens (including phenoxy) is 1. The van der Waals surface area contributed by atoms with Crippen molar-refractivity contribution >= 4 is 52.2 Å². The number of carbonyl (C=O) groups excluding carboxylic acids is 1. The van der Waals surface area contributed by atoms with Gasteiger partial charge in [0.15, 0.2) is 0 Å². The first-order valence-corrected chi connectivity index (χ1v) is 7.91. The van der Waals surface area contributed by atoms with Crippen molar-refractivity contribution in [1.82, 2.24) is 4.90 Å². The lowest BCUT2D eigenvalue weighted by Crippen LogP contribution is -2.45. The third-order valence-electron chi connectivity index (χ3n) is 3.20. The van der Waals surface area contributed by atoms with E-state index >= 15 is 0 Å². The van der Waals surface area contributed by atoms with E-state index < -0.39 is 30.3 Å². The van der Waals surface area contributed by atoms with Gasteiger partial charge in [0.1, 0.15) is 16.1 Å². The molecule has 0 spiro atoms. The van der Waals surface area contributed by atoms with Gasteiger partial charge in [-0.15, -0.1) is 0 Å². The van der Waals surface area contributed by atoms with Gasteiger partial charge in [-0.3, -0.25) is 14.5 Å². The number of thioether (sulfide) groups is 1. The Kier molecular flexibility index (Phi) is 5.58. The smallest absolute Gasteiger partial charge is 0.327 e. The summed E-state index contributed by atoms with van der Waals surface area (Å²) in [6.07, 6.45) is 0.843. The Morgan fingerprint density at radius 3 is 2.46 bits per heavy atom. The molecule has 1 aliphatic rings. The highest BCUT2D eigenvalue weighted by molar-refractivity contribution is 8.26. The highest BCUT2D eigenvalue weighted by Crippen LogP contribution is 2.34. The summed E-state index contributed by atoms with van der Waals surface area (Å²) in [5.74, 6) is -2.70. The number of rotatable bonds is 6. The fourth-order valence-electron chi connectivity index (χ4n) is 2.05. The second kappa shape index (κ2) is 7.45. The van der Waals surface area contributed by atoms with Gasteiger partial charge in [0, 0.05) is 0 Å². The molecule has 0 unspecified atom stereocenters. The highest BCUT2D eigenvalue weighted by Gasteiger charge is 2.41. The molecular weight excluding hydrogens is 354 g/mol. The van der Waals surface area contributed by atoms with Gasteiger partial charge in [-0.25, -0.2) is 4.79 Å². The van der Waals surface area contributed by atoms with Crippen molar-refractivity contribution < 1.29 is 29.3 Å². The molecule has 9 heteroatoms. The van der Waals surface area contributed by atoms with Crippen LogP contribution in [-0.2, 0) is 14.4 Å². The Morgan fingerprint density at radius 2 is 1.96 bits per heavy atom. The van der Waals surface area contributed by atoms with Crippen LogP contribution in [-0.4, -0.2) is 50.4 Å². The number of amides is 1. The van der Waals surface area contributed by atoms with Crippen molar-refractivity contribution in [3.63, 3.8) is 0 Å². The average Bonchev–Trinajstić information content (AvgIpc) is 2.79. The van der Waals surface area contributed by atoms with Crippen molar-refractivity contribution in [2.24, 2.45) is 0 Å². The number of thiocarbonyl (C=S) groups is 1. The van der Waals surface area contributed by atoms with Gasteiger partial charge in [-0.05, 0) is 23.8 Å². The molecule has 1 atom stereocenters. The Bertz CT molecular complexity index is 728. The van der Waals surface area contributed by atoms with Crippen LogP contribution < -0.4 is 4.74 Å². The van der Waals surface area contributed by atoms with Crippen LogP contribution in [0.1, 0.15) is 12.0 Å². The summed E-state index contributed by atoms with van der Waals surface area (Å²) < 4.78 is 5.07. The van der Waals surface area contributed by atoms with E-state index in [9.17, 15) is 19.5 Å². The first-order chi connectivity index (χ1) is 11.3. The number of hydrogen-bond acceptors (Lipinski definition) is 6. The van der Waals surface area contributed by atoms with Crippen LogP contribution in [0.2, 0.25) is 0 Å². The maximum absolute atomic E-state index is 12.4. The summed E-state index contributed by atoms with van der Waals surface area (Å²) >= 11 is 5.99. The van der Waals surface area contributed by atoms with E-state index in [4.69, 9.17) is 22.1 Å². The van der Waals surface area contributed by atoms with Crippen molar-refractivity contribution in [1.29, 1.82) is 0 Å². The molecule has 0 radical (unpaired) electrons. The summed E-state index contributed by atoms with van der Waals surface area (Å²) in [6, 6.07) is 5.37. The average molecular weight is 367 g/mol. The fraction of sp³-hybridized carbons (Fsp3) is 0.200. The van der Waals surface area contributed by atoms with Crippen LogP contribution in [0.3, 0.4) is 0 Å². The molecule has 1 amide bonds. The van der Waals surface area contributed by atoms with Crippen LogP contribution in [0, 0.1) is 0 Å². The number of nitrogens with zero attached hydrogens (tertiary/aromatic N) is 1. The van der Waals surface area contributed by atoms with E-state index in [1.54, 1.807) is 30.3 Å². The molecule has 0 aliphatic carbocycles. The Labute approximate surface area is 146 Å². The molecule has 1 fully saturated rings. The van der Waals surface area contributed by atoms with Crippen LogP contribution in [0.15, 0.2) is 29.2 Å². The molecule has 0 bridgehead atoms. The predicted molar refractivity (Wildman–Crippen MR) is 91.7 cm³/mol. The maximum Gasteiger partial charge on any atom is 0.327 e. The van der Waals surface area contributed by atoms with Crippen molar-refractivity contribution in [2.45, 2.75) is 12.5 Å². The number of methoxy groups -OCH3 is 1. The molecule has 126 valence electrons. The Hall–Kier alpha value is -2.39. The monoisotopic (exact) mass is 367 g/mol. The minimum Gasteiger partial charge on any atom is -0.497 e. The highest BCUT2D eigenvalue weighted by atomic mass is 32.2. The van der Waals surface area contributed by atoms with E-state index in [2.05, 4.69) is 0 Å².